The minimum atomic E-state index is -0.507. The molecule has 0 aliphatic heterocycles. The van der Waals surface area contributed by atoms with Gasteiger partial charge in [-0.1, -0.05) is 6.07 Å². The van der Waals surface area contributed by atoms with Gasteiger partial charge in [-0.2, -0.15) is 5.10 Å². The third-order valence-corrected chi connectivity index (χ3v) is 6.18. The first-order valence-corrected chi connectivity index (χ1v) is 11.5. The molecule has 2 aromatic carbocycles. The molecule has 3 N–H and O–H groups in total. The Morgan fingerprint density at radius 2 is 1.69 bits per heavy atom. The molecule has 0 spiro atoms. The van der Waals surface area contributed by atoms with E-state index in [9.17, 15) is 9.50 Å². The summed E-state index contributed by atoms with van der Waals surface area (Å²) in [6.07, 6.45) is 7.15. The summed E-state index contributed by atoms with van der Waals surface area (Å²) in [5, 5.41) is 19.4. The molecule has 4 aromatic heterocycles. The summed E-state index contributed by atoms with van der Waals surface area (Å²) in [6.45, 7) is 0.814. The van der Waals surface area contributed by atoms with Crippen LogP contribution in [-0.2, 0) is 6.54 Å². The van der Waals surface area contributed by atoms with Gasteiger partial charge >= 0.3 is 0 Å². The zero-order valence-electron chi connectivity index (χ0n) is 19.7. The third kappa shape index (κ3) is 3.97. The Kier molecular flexibility index (Phi) is 5.23. The van der Waals surface area contributed by atoms with Crippen molar-refractivity contribution >= 4 is 21.8 Å². The predicted molar refractivity (Wildman–Crippen MR) is 139 cm³/mol. The van der Waals surface area contributed by atoms with E-state index in [1.165, 1.54) is 12.1 Å². The van der Waals surface area contributed by atoms with Crippen molar-refractivity contribution in [3.8, 4) is 39.4 Å². The van der Waals surface area contributed by atoms with E-state index in [0.717, 1.165) is 62.5 Å². The average molecular weight is 479 g/mol. The summed E-state index contributed by atoms with van der Waals surface area (Å²) in [7, 11) is 4.07. The van der Waals surface area contributed by atoms with Crippen LogP contribution in [-0.4, -0.2) is 49.3 Å². The van der Waals surface area contributed by atoms with E-state index in [-0.39, 0.29) is 5.75 Å². The fraction of sp³-hybridized carbons (Fsp3) is 0.107. The fourth-order valence-electron chi connectivity index (χ4n) is 4.63. The van der Waals surface area contributed by atoms with Gasteiger partial charge in [-0.15, -0.1) is 0 Å². The monoisotopic (exact) mass is 478 g/mol. The topological polar surface area (TPSA) is 93.7 Å². The Bertz CT molecular complexity index is 1720. The number of halogens is 1. The van der Waals surface area contributed by atoms with Crippen LogP contribution in [0.1, 0.15) is 5.56 Å². The van der Waals surface area contributed by atoms with E-state index in [0.29, 0.717) is 11.1 Å². The van der Waals surface area contributed by atoms with Crippen LogP contribution in [0.15, 0.2) is 73.3 Å². The van der Waals surface area contributed by atoms with Crippen molar-refractivity contribution in [1.82, 2.24) is 30.0 Å². The largest absolute Gasteiger partial charge is 0.508 e. The summed E-state index contributed by atoms with van der Waals surface area (Å²) in [6, 6.07) is 14.3. The van der Waals surface area contributed by atoms with Crippen molar-refractivity contribution in [2.45, 2.75) is 6.54 Å². The summed E-state index contributed by atoms with van der Waals surface area (Å²) in [5.41, 5.74) is 7.78. The number of hydrogen-bond donors (Lipinski definition) is 3. The highest BCUT2D eigenvalue weighted by atomic mass is 19.1. The lowest BCUT2D eigenvalue weighted by Gasteiger charge is -2.10. The molecular formula is C28H23FN6O. The Hall–Kier alpha value is -4.56. The van der Waals surface area contributed by atoms with Gasteiger partial charge in [0.05, 0.1) is 22.9 Å². The minimum Gasteiger partial charge on any atom is -0.508 e. The Balaban J connectivity index is 1.45. The van der Waals surface area contributed by atoms with Crippen molar-refractivity contribution < 1.29 is 9.50 Å². The van der Waals surface area contributed by atoms with Crippen molar-refractivity contribution in [2.24, 2.45) is 0 Å². The first-order valence-electron chi connectivity index (χ1n) is 11.5. The van der Waals surface area contributed by atoms with E-state index in [1.807, 2.05) is 38.6 Å². The van der Waals surface area contributed by atoms with Crippen LogP contribution in [0.5, 0.6) is 5.75 Å². The maximum Gasteiger partial charge on any atom is 0.127 e. The second-order valence-electron chi connectivity index (χ2n) is 9.18. The number of aromatic amines is 2. The van der Waals surface area contributed by atoms with Crippen LogP contribution in [0, 0.1) is 5.82 Å². The number of nitrogens with one attached hydrogen (secondary N) is 2. The van der Waals surface area contributed by atoms with Crippen molar-refractivity contribution in [3.63, 3.8) is 0 Å². The number of hydrogen-bond acceptors (Lipinski definition) is 5. The number of phenols is 1. The lowest BCUT2D eigenvalue weighted by atomic mass is 10.0. The molecule has 0 bridgehead atoms. The molecule has 0 aliphatic carbocycles. The quantitative estimate of drug-likeness (QED) is 0.294. The summed E-state index contributed by atoms with van der Waals surface area (Å²) in [5.74, 6) is -0.638. The molecule has 0 amide bonds. The lowest BCUT2D eigenvalue weighted by molar-refractivity contribution is 0.402. The maximum atomic E-state index is 14.0. The van der Waals surface area contributed by atoms with E-state index in [1.54, 1.807) is 12.4 Å². The first kappa shape index (κ1) is 21.9. The highest BCUT2D eigenvalue weighted by Gasteiger charge is 2.15. The standard InChI is InChI=1S/C28H23FN6O/c1-35(2)15-16-5-19(12-30-11-16)17-3-4-25-23(8-17)28(34-33-25)26-10-22-24(13-31-14-27(22)32-26)18-6-20(29)9-21(36)7-18/h3-14,32,36H,15H2,1-2H3,(H,33,34). The van der Waals surface area contributed by atoms with Gasteiger partial charge in [-0.25, -0.2) is 4.39 Å². The van der Waals surface area contributed by atoms with Gasteiger partial charge in [0.1, 0.15) is 17.3 Å². The third-order valence-electron chi connectivity index (χ3n) is 6.18. The normalized spacial score (nSPS) is 11.7. The number of pyridine rings is 2. The zero-order valence-corrected chi connectivity index (χ0v) is 19.7. The van der Waals surface area contributed by atoms with Crippen molar-refractivity contribution in [2.75, 3.05) is 14.1 Å². The molecule has 0 radical (unpaired) electrons. The van der Waals surface area contributed by atoms with Gasteiger partial charge in [0.2, 0.25) is 0 Å². The number of H-pyrrole nitrogens is 2. The van der Waals surface area contributed by atoms with Crippen molar-refractivity contribution in [1.29, 1.82) is 0 Å². The SMILES string of the molecule is CN(C)Cc1cncc(-c2ccc3[nH]nc(-c4cc5c(-c6cc(O)cc(F)c6)cncc5[nH]4)c3c2)c1. The molecule has 4 heterocycles. The number of aromatic nitrogens is 5. The van der Waals surface area contributed by atoms with Crippen LogP contribution in [0.4, 0.5) is 4.39 Å². The number of aromatic hydroxyl groups is 1. The van der Waals surface area contributed by atoms with E-state index in [2.05, 4.69) is 48.2 Å². The molecule has 6 rings (SSSR count). The van der Waals surface area contributed by atoms with E-state index >= 15 is 0 Å². The predicted octanol–water partition coefficient (Wildman–Crippen LogP) is 5.74. The average Bonchev–Trinajstić information content (AvgIpc) is 3.46. The van der Waals surface area contributed by atoms with E-state index < -0.39 is 5.82 Å². The van der Waals surface area contributed by atoms with Crippen LogP contribution in [0.2, 0.25) is 0 Å². The highest BCUT2D eigenvalue weighted by molar-refractivity contribution is 6.01. The van der Waals surface area contributed by atoms with Gasteiger partial charge in [-0.05, 0) is 67.2 Å². The zero-order chi connectivity index (χ0) is 24.8. The van der Waals surface area contributed by atoms with Gasteiger partial charge in [0.25, 0.3) is 0 Å². The first-order chi connectivity index (χ1) is 17.4. The maximum absolute atomic E-state index is 14.0. The molecule has 0 fully saturated rings. The summed E-state index contributed by atoms with van der Waals surface area (Å²) in [4.78, 5) is 14.3. The molecule has 6 aromatic rings. The number of fused-ring (bicyclic) bond motifs is 2. The van der Waals surface area contributed by atoms with Gasteiger partial charge in [-0.3, -0.25) is 15.1 Å². The second-order valence-corrected chi connectivity index (χ2v) is 9.18. The van der Waals surface area contributed by atoms with Gasteiger partial charge < -0.3 is 15.0 Å². The highest BCUT2D eigenvalue weighted by Crippen LogP contribution is 2.35. The molecule has 0 aliphatic rings. The van der Waals surface area contributed by atoms with Crippen LogP contribution in [0.3, 0.4) is 0 Å². The molecule has 8 heteroatoms. The molecule has 0 saturated heterocycles. The lowest BCUT2D eigenvalue weighted by Crippen LogP contribution is -2.10. The van der Waals surface area contributed by atoms with E-state index in [4.69, 9.17) is 0 Å². The van der Waals surface area contributed by atoms with Crippen LogP contribution in [0.25, 0.3) is 55.4 Å². The molecule has 0 unspecified atom stereocenters. The Labute approximate surface area is 206 Å². The molecule has 0 atom stereocenters. The van der Waals surface area contributed by atoms with Crippen molar-refractivity contribution in [3.05, 3.63) is 84.7 Å². The molecule has 36 heavy (non-hydrogen) atoms. The number of nitrogens with zero attached hydrogens (tertiary/aromatic N) is 4. The van der Waals surface area contributed by atoms with Gasteiger partial charge in [0.15, 0.2) is 0 Å². The second kappa shape index (κ2) is 8.58. The fourth-order valence-corrected chi connectivity index (χ4v) is 4.63. The summed E-state index contributed by atoms with van der Waals surface area (Å²) < 4.78 is 14.0. The molecular weight excluding hydrogens is 455 g/mol. The Morgan fingerprint density at radius 3 is 2.53 bits per heavy atom. The van der Waals surface area contributed by atoms with Crippen LogP contribution < -0.4 is 0 Å². The molecule has 178 valence electrons. The van der Waals surface area contributed by atoms with Crippen LogP contribution >= 0.6 is 0 Å². The number of phenolic OH excluding ortho intramolecular Hbond substituents is 1. The number of rotatable bonds is 5. The Morgan fingerprint density at radius 1 is 0.833 bits per heavy atom. The smallest absolute Gasteiger partial charge is 0.127 e. The molecule has 7 nitrogen and oxygen atoms in total. The number of benzene rings is 2. The summed E-state index contributed by atoms with van der Waals surface area (Å²) >= 11 is 0. The minimum absolute atomic E-state index is 0.132. The molecule has 0 saturated carbocycles. The van der Waals surface area contributed by atoms with Gasteiger partial charge in [0, 0.05) is 53.1 Å².